The minimum absolute atomic E-state index is 0.0757. The average molecular weight is 302 g/mol. The number of aliphatic hydroxyl groups is 1. The highest BCUT2D eigenvalue weighted by Crippen LogP contribution is 2.26. The summed E-state index contributed by atoms with van der Waals surface area (Å²) in [4.78, 5) is 2.06. The van der Waals surface area contributed by atoms with Gasteiger partial charge < -0.3 is 26.8 Å². The minimum atomic E-state index is -0.500. The number of anilines is 2. The highest BCUT2D eigenvalue weighted by molar-refractivity contribution is 5.58. The topological polar surface area (TPSA) is 87.5 Å². The molecule has 0 saturated heterocycles. The molecule has 1 aliphatic rings. The first-order valence-electron chi connectivity index (χ1n) is 7.51. The van der Waals surface area contributed by atoms with E-state index in [2.05, 4.69) is 22.3 Å². The standard InChI is InChI=1S/C17H26N4O/c1-21(2)15-5-3-4-14(10-15)20-12-13-11-17(19,8-9-22)7-6-16(13)18/h3-7,10,20,22H,8-9,11-12,18-19H2,1-2H3. The van der Waals surface area contributed by atoms with E-state index in [0.29, 0.717) is 19.4 Å². The number of hydrogen-bond donors (Lipinski definition) is 4. The Morgan fingerprint density at radius 1 is 1.36 bits per heavy atom. The van der Waals surface area contributed by atoms with Gasteiger partial charge in [-0.25, -0.2) is 0 Å². The third-order valence-corrected chi connectivity index (χ3v) is 3.99. The summed E-state index contributed by atoms with van der Waals surface area (Å²) in [7, 11) is 4.03. The molecule has 1 aliphatic carbocycles. The van der Waals surface area contributed by atoms with Crippen molar-refractivity contribution >= 4 is 11.4 Å². The summed E-state index contributed by atoms with van der Waals surface area (Å²) < 4.78 is 0. The van der Waals surface area contributed by atoms with Crippen molar-refractivity contribution in [3.8, 4) is 0 Å². The Morgan fingerprint density at radius 3 is 2.82 bits per heavy atom. The summed E-state index contributed by atoms with van der Waals surface area (Å²) >= 11 is 0. The van der Waals surface area contributed by atoms with Gasteiger partial charge in [0.25, 0.3) is 0 Å². The normalized spacial score (nSPS) is 21.1. The fourth-order valence-electron chi connectivity index (χ4n) is 2.58. The van der Waals surface area contributed by atoms with Crippen molar-refractivity contribution in [2.24, 2.45) is 11.5 Å². The summed E-state index contributed by atoms with van der Waals surface area (Å²) in [6.07, 6.45) is 4.95. The molecule has 0 bridgehead atoms. The summed E-state index contributed by atoms with van der Waals surface area (Å²) in [5.74, 6) is 0. The monoisotopic (exact) mass is 302 g/mol. The van der Waals surface area contributed by atoms with Gasteiger partial charge in [0.1, 0.15) is 0 Å². The Balaban J connectivity index is 2.04. The zero-order valence-corrected chi connectivity index (χ0v) is 13.3. The van der Waals surface area contributed by atoms with Crippen LogP contribution in [0.25, 0.3) is 0 Å². The van der Waals surface area contributed by atoms with Gasteiger partial charge in [-0.3, -0.25) is 0 Å². The molecule has 1 aromatic rings. The van der Waals surface area contributed by atoms with Crippen LogP contribution in [0.2, 0.25) is 0 Å². The van der Waals surface area contributed by atoms with Gasteiger partial charge in [0.05, 0.1) is 0 Å². The van der Waals surface area contributed by atoms with Gasteiger partial charge in [-0.2, -0.15) is 0 Å². The number of nitrogens with two attached hydrogens (primary N) is 2. The smallest absolute Gasteiger partial charge is 0.0451 e. The van der Waals surface area contributed by atoms with E-state index in [4.69, 9.17) is 16.6 Å². The molecule has 1 unspecified atom stereocenters. The van der Waals surface area contributed by atoms with Crippen LogP contribution in [0, 0.1) is 0 Å². The predicted octanol–water partition coefficient (Wildman–Crippen LogP) is 1.42. The number of nitrogens with zero attached hydrogens (tertiary/aromatic N) is 1. The Morgan fingerprint density at radius 2 is 2.14 bits per heavy atom. The fourth-order valence-corrected chi connectivity index (χ4v) is 2.58. The molecule has 22 heavy (non-hydrogen) atoms. The van der Waals surface area contributed by atoms with Gasteiger partial charge in [-0.15, -0.1) is 0 Å². The van der Waals surface area contributed by atoms with Crippen molar-refractivity contribution in [2.45, 2.75) is 18.4 Å². The summed E-state index contributed by atoms with van der Waals surface area (Å²) in [6, 6.07) is 8.22. The fraction of sp³-hybridized carbons (Fsp3) is 0.412. The molecular weight excluding hydrogens is 276 g/mol. The van der Waals surface area contributed by atoms with Crippen LogP contribution < -0.4 is 21.7 Å². The molecule has 1 atom stereocenters. The lowest BCUT2D eigenvalue weighted by molar-refractivity contribution is 0.255. The van der Waals surface area contributed by atoms with Gasteiger partial charge >= 0.3 is 0 Å². The summed E-state index contributed by atoms with van der Waals surface area (Å²) in [5, 5.41) is 12.5. The second-order valence-corrected chi connectivity index (χ2v) is 6.07. The maximum absolute atomic E-state index is 9.14. The second-order valence-electron chi connectivity index (χ2n) is 6.07. The maximum Gasteiger partial charge on any atom is 0.0451 e. The number of hydrogen-bond acceptors (Lipinski definition) is 5. The average Bonchev–Trinajstić information content (AvgIpc) is 2.49. The molecule has 5 nitrogen and oxygen atoms in total. The molecule has 0 heterocycles. The predicted molar refractivity (Wildman–Crippen MR) is 92.9 cm³/mol. The number of nitrogens with one attached hydrogen (secondary N) is 1. The zero-order chi connectivity index (χ0) is 16.2. The first kappa shape index (κ1) is 16.4. The van der Waals surface area contributed by atoms with E-state index in [1.807, 2.05) is 38.4 Å². The molecule has 120 valence electrons. The molecule has 0 aromatic heterocycles. The molecule has 0 spiro atoms. The lowest BCUT2D eigenvalue weighted by Crippen LogP contribution is -2.41. The molecule has 1 aromatic carbocycles. The van der Waals surface area contributed by atoms with Crippen LogP contribution in [0.5, 0.6) is 0 Å². The summed E-state index contributed by atoms with van der Waals surface area (Å²) in [6.45, 7) is 0.726. The molecule has 0 fully saturated rings. The Hall–Kier alpha value is -1.98. The van der Waals surface area contributed by atoms with Crippen molar-refractivity contribution in [2.75, 3.05) is 37.5 Å². The highest BCUT2D eigenvalue weighted by Gasteiger charge is 2.26. The summed E-state index contributed by atoms with van der Waals surface area (Å²) in [5.41, 5.74) is 15.9. The van der Waals surface area contributed by atoms with Crippen molar-refractivity contribution in [1.29, 1.82) is 0 Å². The third kappa shape index (κ3) is 4.02. The van der Waals surface area contributed by atoms with Gasteiger partial charge in [0, 0.05) is 49.9 Å². The number of benzene rings is 1. The van der Waals surface area contributed by atoms with E-state index in [0.717, 1.165) is 22.6 Å². The highest BCUT2D eigenvalue weighted by atomic mass is 16.3. The number of aliphatic hydroxyl groups excluding tert-OH is 1. The van der Waals surface area contributed by atoms with E-state index in [1.54, 1.807) is 0 Å². The molecule has 0 amide bonds. The molecule has 5 heteroatoms. The van der Waals surface area contributed by atoms with Crippen LogP contribution in [0.4, 0.5) is 11.4 Å². The van der Waals surface area contributed by atoms with E-state index in [1.165, 1.54) is 0 Å². The first-order valence-corrected chi connectivity index (χ1v) is 7.51. The van der Waals surface area contributed by atoms with Gasteiger partial charge in [0.2, 0.25) is 0 Å². The van der Waals surface area contributed by atoms with Crippen molar-refractivity contribution in [3.63, 3.8) is 0 Å². The van der Waals surface area contributed by atoms with Crippen molar-refractivity contribution in [3.05, 3.63) is 47.7 Å². The van der Waals surface area contributed by atoms with E-state index in [9.17, 15) is 0 Å². The van der Waals surface area contributed by atoms with E-state index < -0.39 is 5.54 Å². The first-order chi connectivity index (χ1) is 10.4. The van der Waals surface area contributed by atoms with Crippen molar-refractivity contribution in [1.82, 2.24) is 0 Å². The van der Waals surface area contributed by atoms with Crippen LogP contribution in [0.15, 0.2) is 47.7 Å². The van der Waals surface area contributed by atoms with Gasteiger partial charge in [-0.1, -0.05) is 12.1 Å². The maximum atomic E-state index is 9.14. The lowest BCUT2D eigenvalue weighted by Gasteiger charge is -2.30. The van der Waals surface area contributed by atoms with Gasteiger partial charge in [-0.05, 0) is 42.7 Å². The van der Waals surface area contributed by atoms with E-state index >= 15 is 0 Å². The Labute approximate surface area is 132 Å². The minimum Gasteiger partial charge on any atom is -0.399 e. The molecule has 0 aliphatic heterocycles. The Kier molecular flexibility index (Phi) is 5.11. The molecule has 6 N–H and O–H groups in total. The SMILES string of the molecule is CN(C)c1cccc(NCC2=C(N)C=CC(N)(CCO)C2)c1. The quantitative estimate of drug-likeness (QED) is 0.638. The Bertz CT molecular complexity index is 580. The molecule has 0 saturated carbocycles. The largest absolute Gasteiger partial charge is 0.399 e. The van der Waals surface area contributed by atoms with Crippen LogP contribution in [-0.2, 0) is 0 Å². The van der Waals surface area contributed by atoms with E-state index in [-0.39, 0.29) is 6.61 Å². The van der Waals surface area contributed by atoms with Crippen molar-refractivity contribution < 1.29 is 5.11 Å². The van der Waals surface area contributed by atoms with Crippen LogP contribution in [0.1, 0.15) is 12.8 Å². The number of allylic oxidation sites excluding steroid dienone is 1. The second kappa shape index (κ2) is 6.85. The molecule has 0 radical (unpaired) electrons. The van der Waals surface area contributed by atoms with Crippen LogP contribution >= 0.6 is 0 Å². The van der Waals surface area contributed by atoms with Gasteiger partial charge in [0.15, 0.2) is 0 Å². The molecule has 2 rings (SSSR count). The lowest BCUT2D eigenvalue weighted by atomic mass is 9.83. The molecular formula is C17H26N4O. The van der Waals surface area contributed by atoms with Crippen LogP contribution in [-0.4, -0.2) is 37.9 Å². The van der Waals surface area contributed by atoms with Crippen LogP contribution in [0.3, 0.4) is 0 Å². The number of rotatable bonds is 6. The zero-order valence-electron chi connectivity index (χ0n) is 13.3. The third-order valence-electron chi connectivity index (χ3n) is 3.99.